The number of thioether (sulfide) groups is 1. The van der Waals surface area contributed by atoms with E-state index >= 15 is 0 Å². The van der Waals surface area contributed by atoms with Gasteiger partial charge in [-0.3, -0.25) is 4.79 Å². The van der Waals surface area contributed by atoms with Crippen molar-refractivity contribution in [3.63, 3.8) is 0 Å². The molecule has 1 unspecified atom stereocenters. The van der Waals surface area contributed by atoms with Crippen LogP contribution in [-0.2, 0) is 4.79 Å². The van der Waals surface area contributed by atoms with Gasteiger partial charge in [0.1, 0.15) is 5.78 Å². The second-order valence-corrected chi connectivity index (χ2v) is 5.28. The van der Waals surface area contributed by atoms with Gasteiger partial charge in [-0.15, -0.1) is 0 Å². The fourth-order valence-corrected chi connectivity index (χ4v) is 1.75. The first-order chi connectivity index (χ1) is 5.39. The lowest BCUT2D eigenvalue weighted by Gasteiger charge is -2.21. The molecule has 0 amide bonds. The van der Waals surface area contributed by atoms with E-state index in [1.807, 2.05) is 27.7 Å². The highest BCUT2D eigenvalue weighted by molar-refractivity contribution is 7.98. The predicted octanol–water partition coefficient (Wildman–Crippen LogP) is 2.99. The van der Waals surface area contributed by atoms with Crippen LogP contribution in [0.5, 0.6) is 0 Å². The highest BCUT2D eigenvalue weighted by Gasteiger charge is 2.25. The van der Waals surface area contributed by atoms with Crippen molar-refractivity contribution < 1.29 is 4.79 Å². The highest BCUT2D eigenvalue weighted by Crippen LogP contribution is 2.22. The number of carbonyl (C=O) groups is 1. The molecule has 0 aliphatic carbocycles. The summed E-state index contributed by atoms with van der Waals surface area (Å²) >= 11 is 1.81. The summed E-state index contributed by atoms with van der Waals surface area (Å²) in [6.45, 7) is 8.00. The summed E-state index contributed by atoms with van der Waals surface area (Å²) in [4.78, 5) is 11.7. The van der Waals surface area contributed by atoms with Crippen molar-refractivity contribution in [1.29, 1.82) is 0 Å². The van der Waals surface area contributed by atoms with E-state index in [-0.39, 0.29) is 11.3 Å². The molecule has 1 nitrogen and oxygen atoms in total. The van der Waals surface area contributed by atoms with E-state index in [2.05, 4.69) is 6.26 Å². The van der Waals surface area contributed by atoms with Crippen molar-refractivity contribution in [1.82, 2.24) is 0 Å². The van der Waals surface area contributed by atoms with Gasteiger partial charge in [0, 0.05) is 11.3 Å². The summed E-state index contributed by atoms with van der Waals surface area (Å²) < 4.78 is 0. The molecule has 0 heterocycles. The summed E-state index contributed by atoms with van der Waals surface area (Å²) in [6, 6.07) is 0. The van der Waals surface area contributed by atoms with Crippen LogP contribution >= 0.6 is 11.8 Å². The zero-order valence-corrected chi connectivity index (χ0v) is 9.62. The summed E-state index contributed by atoms with van der Waals surface area (Å²) in [6.07, 6.45) is 3.09. The molecule has 0 bridgehead atoms. The molecule has 72 valence electrons. The van der Waals surface area contributed by atoms with Gasteiger partial charge in [-0.1, -0.05) is 27.7 Å². The van der Waals surface area contributed by atoms with E-state index in [9.17, 15) is 4.79 Å². The van der Waals surface area contributed by atoms with Gasteiger partial charge in [0.15, 0.2) is 0 Å². The molecule has 12 heavy (non-hydrogen) atoms. The number of hydrogen-bond acceptors (Lipinski definition) is 2. The van der Waals surface area contributed by atoms with Crippen molar-refractivity contribution in [3.8, 4) is 0 Å². The molecule has 0 aromatic rings. The zero-order chi connectivity index (χ0) is 9.78. The van der Waals surface area contributed by atoms with Crippen LogP contribution in [0.4, 0.5) is 0 Å². The number of Topliss-reactive ketones (excluding diaryl/α,β-unsaturated/α-hetero) is 1. The summed E-state index contributed by atoms with van der Waals surface area (Å²) in [5.41, 5.74) is -0.169. The third kappa shape index (κ3) is 4.15. The third-order valence-corrected chi connectivity index (χ3v) is 2.59. The normalized spacial score (nSPS) is 14.4. The molecule has 0 fully saturated rings. The molecule has 1 atom stereocenters. The summed E-state index contributed by atoms with van der Waals surface area (Å²) in [7, 11) is 0. The van der Waals surface area contributed by atoms with Crippen LogP contribution in [-0.4, -0.2) is 17.8 Å². The molecule has 0 aromatic heterocycles. The Kier molecular flexibility index (Phi) is 4.91. The van der Waals surface area contributed by atoms with E-state index in [1.165, 1.54) is 0 Å². The number of rotatable bonds is 4. The van der Waals surface area contributed by atoms with Gasteiger partial charge < -0.3 is 0 Å². The molecular formula is C10H20OS. The average molecular weight is 188 g/mol. The lowest BCUT2D eigenvalue weighted by Crippen LogP contribution is -2.26. The van der Waals surface area contributed by atoms with Crippen LogP contribution in [0.3, 0.4) is 0 Å². The third-order valence-electron chi connectivity index (χ3n) is 1.94. The standard InChI is InChI=1S/C10H20OS/c1-8(6-7-12-5)9(11)10(2,3)4/h8H,6-7H2,1-5H3. The fourth-order valence-electron chi connectivity index (χ4n) is 1.16. The molecule has 0 saturated carbocycles. The molecule has 0 N–H and O–H groups in total. The lowest BCUT2D eigenvalue weighted by atomic mass is 9.83. The van der Waals surface area contributed by atoms with E-state index in [0.717, 1.165) is 12.2 Å². The Morgan fingerprint density at radius 3 is 2.25 bits per heavy atom. The highest BCUT2D eigenvalue weighted by atomic mass is 32.2. The van der Waals surface area contributed by atoms with Crippen LogP contribution in [0.2, 0.25) is 0 Å². The van der Waals surface area contributed by atoms with Crippen LogP contribution in [0.15, 0.2) is 0 Å². The number of hydrogen-bond donors (Lipinski definition) is 0. The lowest BCUT2D eigenvalue weighted by molar-refractivity contribution is -0.129. The SMILES string of the molecule is CSCCC(C)C(=O)C(C)(C)C. The van der Waals surface area contributed by atoms with Crippen LogP contribution < -0.4 is 0 Å². The van der Waals surface area contributed by atoms with Gasteiger partial charge in [-0.2, -0.15) is 11.8 Å². The molecule has 0 aliphatic rings. The van der Waals surface area contributed by atoms with Crippen molar-refractivity contribution in [2.45, 2.75) is 34.1 Å². The molecule has 0 rings (SSSR count). The van der Waals surface area contributed by atoms with Gasteiger partial charge >= 0.3 is 0 Å². The Morgan fingerprint density at radius 1 is 1.42 bits per heavy atom. The van der Waals surface area contributed by atoms with Crippen LogP contribution in [0.25, 0.3) is 0 Å². The monoisotopic (exact) mass is 188 g/mol. The van der Waals surface area contributed by atoms with E-state index in [0.29, 0.717) is 5.78 Å². The molecule has 0 saturated heterocycles. The van der Waals surface area contributed by atoms with Crippen molar-refractivity contribution >= 4 is 17.5 Å². The van der Waals surface area contributed by atoms with Gasteiger partial charge in [0.05, 0.1) is 0 Å². The van der Waals surface area contributed by atoms with E-state index in [1.54, 1.807) is 11.8 Å². The largest absolute Gasteiger partial charge is 0.299 e. The van der Waals surface area contributed by atoms with Crippen LogP contribution in [0.1, 0.15) is 34.1 Å². The summed E-state index contributed by atoms with van der Waals surface area (Å²) in [5.74, 6) is 1.69. The first-order valence-electron chi connectivity index (χ1n) is 4.43. The number of carbonyl (C=O) groups excluding carboxylic acids is 1. The molecule has 2 heteroatoms. The minimum atomic E-state index is -0.169. The summed E-state index contributed by atoms with van der Waals surface area (Å²) in [5, 5.41) is 0. The minimum Gasteiger partial charge on any atom is -0.299 e. The Bertz CT molecular complexity index is 146. The zero-order valence-electron chi connectivity index (χ0n) is 8.81. The first-order valence-corrected chi connectivity index (χ1v) is 5.82. The van der Waals surface area contributed by atoms with E-state index in [4.69, 9.17) is 0 Å². The maximum atomic E-state index is 11.7. The molecule has 0 radical (unpaired) electrons. The fraction of sp³-hybridized carbons (Fsp3) is 0.900. The first kappa shape index (κ1) is 12.0. The Morgan fingerprint density at radius 2 is 1.92 bits per heavy atom. The van der Waals surface area contributed by atoms with Gasteiger partial charge in [-0.25, -0.2) is 0 Å². The second kappa shape index (κ2) is 4.90. The van der Waals surface area contributed by atoms with Gasteiger partial charge in [0.25, 0.3) is 0 Å². The molecule has 0 aliphatic heterocycles. The van der Waals surface area contributed by atoms with E-state index < -0.39 is 0 Å². The maximum Gasteiger partial charge on any atom is 0.141 e. The van der Waals surface area contributed by atoms with Gasteiger partial charge in [-0.05, 0) is 18.4 Å². The number of ketones is 1. The van der Waals surface area contributed by atoms with Crippen molar-refractivity contribution in [2.75, 3.05) is 12.0 Å². The molecule has 0 spiro atoms. The Labute approximate surface area is 80.3 Å². The molecule has 0 aromatic carbocycles. The Hall–Kier alpha value is 0.0200. The maximum absolute atomic E-state index is 11.7. The predicted molar refractivity (Wildman–Crippen MR) is 56.6 cm³/mol. The molecular weight excluding hydrogens is 168 g/mol. The second-order valence-electron chi connectivity index (χ2n) is 4.30. The Balaban J connectivity index is 3.94. The minimum absolute atomic E-state index is 0.169. The van der Waals surface area contributed by atoms with Crippen molar-refractivity contribution in [3.05, 3.63) is 0 Å². The van der Waals surface area contributed by atoms with Gasteiger partial charge in [0.2, 0.25) is 0 Å². The van der Waals surface area contributed by atoms with Crippen molar-refractivity contribution in [2.24, 2.45) is 11.3 Å². The topological polar surface area (TPSA) is 17.1 Å². The smallest absolute Gasteiger partial charge is 0.141 e. The van der Waals surface area contributed by atoms with Crippen LogP contribution in [0, 0.1) is 11.3 Å². The average Bonchev–Trinajstić information content (AvgIpc) is 1.97. The quantitative estimate of drug-likeness (QED) is 0.674.